The van der Waals surface area contributed by atoms with Crippen LogP contribution in [0, 0.1) is 25.7 Å². The topological polar surface area (TPSA) is 92.4 Å². The standard InChI is InChI=1S/C15H22N2O4/c1-8(7-12-9(2)17-21-10(12)3)13(18)16-15(4,14(19)20)11-5-6-11/h8,11H,5-7H2,1-4H3,(H,16,18)(H,19,20)/t8-,15+/m1/s1. The Balaban J connectivity index is 2.04. The van der Waals surface area contributed by atoms with E-state index in [1.165, 1.54) is 0 Å². The molecule has 0 aromatic carbocycles. The molecule has 0 aliphatic heterocycles. The molecule has 1 aromatic heterocycles. The van der Waals surface area contributed by atoms with Gasteiger partial charge in [0.05, 0.1) is 5.69 Å². The van der Waals surface area contributed by atoms with Gasteiger partial charge in [0.15, 0.2) is 0 Å². The number of aromatic nitrogens is 1. The number of nitrogens with one attached hydrogen (secondary N) is 1. The summed E-state index contributed by atoms with van der Waals surface area (Å²) in [7, 11) is 0. The van der Waals surface area contributed by atoms with Gasteiger partial charge in [-0.25, -0.2) is 4.79 Å². The second-order valence-corrected chi connectivity index (χ2v) is 6.18. The van der Waals surface area contributed by atoms with Gasteiger partial charge < -0.3 is 14.9 Å². The fraction of sp³-hybridized carbons (Fsp3) is 0.667. The Labute approximate surface area is 123 Å². The number of aliphatic carboxylic acids is 1. The minimum atomic E-state index is -1.16. The first-order chi connectivity index (χ1) is 9.75. The van der Waals surface area contributed by atoms with Crippen LogP contribution < -0.4 is 5.32 Å². The third-order valence-corrected chi connectivity index (χ3v) is 4.36. The second kappa shape index (κ2) is 5.50. The fourth-order valence-electron chi connectivity index (χ4n) is 2.56. The Morgan fingerprint density at radius 2 is 2.10 bits per heavy atom. The Bertz CT molecular complexity index is 543. The average Bonchev–Trinajstić information content (AvgIpc) is 3.21. The molecule has 1 aliphatic carbocycles. The van der Waals surface area contributed by atoms with Crippen LogP contribution in [-0.2, 0) is 16.0 Å². The van der Waals surface area contributed by atoms with Gasteiger partial charge in [-0.05, 0) is 46.0 Å². The fourth-order valence-corrected chi connectivity index (χ4v) is 2.56. The number of carboxylic acid groups (broad SMARTS) is 1. The number of hydrogen-bond donors (Lipinski definition) is 2. The molecule has 21 heavy (non-hydrogen) atoms. The summed E-state index contributed by atoms with van der Waals surface area (Å²) in [6.45, 7) is 7.03. The lowest BCUT2D eigenvalue weighted by molar-refractivity contribution is -0.148. The second-order valence-electron chi connectivity index (χ2n) is 6.18. The number of nitrogens with zero attached hydrogens (tertiary/aromatic N) is 1. The van der Waals surface area contributed by atoms with Crippen molar-refractivity contribution < 1.29 is 19.2 Å². The lowest BCUT2D eigenvalue weighted by Crippen LogP contribution is -2.55. The largest absolute Gasteiger partial charge is 0.480 e. The van der Waals surface area contributed by atoms with Crippen LogP contribution in [0.4, 0.5) is 0 Å². The van der Waals surface area contributed by atoms with Crippen molar-refractivity contribution in [2.75, 3.05) is 0 Å². The molecule has 0 radical (unpaired) electrons. The molecule has 1 fully saturated rings. The highest BCUT2D eigenvalue weighted by molar-refractivity contribution is 5.88. The van der Waals surface area contributed by atoms with Gasteiger partial charge in [0.1, 0.15) is 11.3 Å². The van der Waals surface area contributed by atoms with E-state index in [9.17, 15) is 14.7 Å². The van der Waals surface area contributed by atoms with Gasteiger partial charge >= 0.3 is 5.97 Å². The molecule has 1 aromatic rings. The van der Waals surface area contributed by atoms with Crippen molar-refractivity contribution in [1.82, 2.24) is 10.5 Å². The maximum absolute atomic E-state index is 12.3. The summed E-state index contributed by atoms with van der Waals surface area (Å²) in [6, 6.07) is 0. The smallest absolute Gasteiger partial charge is 0.329 e. The van der Waals surface area contributed by atoms with E-state index in [0.29, 0.717) is 12.2 Å². The van der Waals surface area contributed by atoms with Crippen molar-refractivity contribution in [3.8, 4) is 0 Å². The first kappa shape index (κ1) is 15.5. The van der Waals surface area contributed by atoms with Crippen LogP contribution in [0.1, 0.15) is 43.7 Å². The summed E-state index contributed by atoms with van der Waals surface area (Å²) < 4.78 is 5.09. The molecule has 1 heterocycles. The SMILES string of the molecule is Cc1noc(C)c1C[C@@H](C)C(=O)N[C@](C)(C(=O)O)C1CC1. The number of carbonyl (C=O) groups excluding carboxylic acids is 1. The predicted molar refractivity (Wildman–Crippen MR) is 75.8 cm³/mol. The molecule has 116 valence electrons. The molecular weight excluding hydrogens is 272 g/mol. The van der Waals surface area contributed by atoms with Gasteiger partial charge in [-0.1, -0.05) is 12.1 Å². The van der Waals surface area contributed by atoms with E-state index in [-0.39, 0.29) is 17.7 Å². The Morgan fingerprint density at radius 3 is 2.52 bits per heavy atom. The van der Waals surface area contributed by atoms with Crippen LogP contribution in [-0.4, -0.2) is 27.7 Å². The van der Waals surface area contributed by atoms with Crippen molar-refractivity contribution in [1.29, 1.82) is 0 Å². The molecule has 1 saturated carbocycles. The van der Waals surface area contributed by atoms with Crippen molar-refractivity contribution in [2.45, 2.75) is 52.5 Å². The highest BCUT2D eigenvalue weighted by Crippen LogP contribution is 2.40. The normalized spacial score (nSPS) is 18.9. The van der Waals surface area contributed by atoms with E-state index in [1.807, 2.05) is 13.8 Å². The maximum atomic E-state index is 12.3. The molecule has 1 amide bonds. The van der Waals surface area contributed by atoms with Gasteiger partial charge in [0, 0.05) is 11.5 Å². The molecular formula is C15H22N2O4. The van der Waals surface area contributed by atoms with Gasteiger partial charge in [-0.3, -0.25) is 4.79 Å². The van der Waals surface area contributed by atoms with Gasteiger partial charge in [-0.2, -0.15) is 0 Å². The molecule has 0 spiro atoms. The molecule has 2 atom stereocenters. The maximum Gasteiger partial charge on any atom is 0.329 e. The summed E-state index contributed by atoms with van der Waals surface area (Å²) in [6.07, 6.45) is 2.19. The van der Waals surface area contributed by atoms with E-state index in [2.05, 4.69) is 10.5 Å². The number of carboxylic acids is 1. The van der Waals surface area contributed by atoms with Crippen molar-refractivity contribution in [3.63, 3.8) is 0 Å². The van der Waals surface area contributed by atoms with Crippen molar-refractivity contribution in [2.24, 2.45) is 11.8 Å². The van der Waals surface area contributed by atoms with E-state index in [0.717, 1.165) is 24.1 Å². The van der Waals surface area contributed by atoms with Gasteiger partial charge in [0.2, 0.25) is 5.91 Å². The molecule has 6 nitrogen and oxygen atoms in total. The van der Waals surface area contributed by atoms with Crippen LogP contribution in [0.3, 0.4) is 0 Å². The van der Waals surface area contributed by atoms with E-state index in [1.54, 1.807) is 13.8 Å². The number of hydrogen-bond acceptors (Lipinski definition) is 4. The monoisotopic (exact) mass is 294 g/mol. The summed E-state index contributed by atoms with van der Waals surface area (Å²) in [5.74, 6) is -0.811. The molecule has 0 saturated heterocycles. The predicted octanol–water partition coefficient (Wildman–Crippen LogP) is 1.84. The van der Waals surface area contributed by atoms with Crippen molar-refractivity contribution in [3.05, 3.63) is 17.0 Å². The Kier molecular flexibility index (Phi) is 4.07. The summed E-state index contributed by atoms with van der Waals surface area (Å²) in [5, 5.41) is 16.0. The van der Waals surface area contributed by atoms with Crippen LogP contribution >= 0.6 is 0 Å². The third kappa shape index (κ3) is 3.09. The van der Waals surface area contributed by atoms with Crippen LogP contribution in [0.2, 0.25) is 0 Å². The number of carbonyl (C=O) groups is 2. The first-order valence-electron chi connectivity index (χ1n) is 7.23. The van der Waals surface area contributed by atoms with E-state index < -0.39 is 11.5 Å². The number of aryl methyl sites for hydroxylation is 2. The van der Waals surface area contributed by atoms with Crippen LogP contribution in [0.25, 0.3) is 0 Å². The van der Waals surface area contributed by atoms with Crippen LogP contribution in [0.15, 0.2) is 4.52 Å². The van der Waals surface area contributed by atoms with Crippen molar-refractivity contribution >= 4 is 11.9 Å². The summed E-state index contributed by atoms with van der Waals surface area (Å²) in [4.78, 5) is 23.8. The van der Waals surface area contributed by atoms with Gasteiger partial charge in [-0.15, -0.1) is 0 Å². The molecule has 6 heteroatoms. The zero-order valence-electron chi connectivity index (χ0n) is 12.9. The molecule has 1 aliphatic rings. The highest BCUT2D eigenvalue weighted by atomic mass is 16.5. The zero-order chi connectivity index (χ0) is 15.8. The Morgan fingerprint density at radius 1 is 1.48 bits per heavy atom. The van der Waals surface area contributed by atoms with Crippen LogP contribution in [0.5, 0.6) is 0 Å². The van der Waals surface area contributed by atoms with E-state index in [4.69, 9.17) is 4.52 Å². The summed E-state index contributed by atoms with van der Waals surface area (Å²) in [5.41, 5.74) is 0.529. The quantitative estimate of drug-likeness (QED) is 0.835. The average molecular weight is 294 g/mol. The molecule has 2 N–H and O–H groups in total. The lowest BCUT2D eigenvalue weighted by atomic mass is 9.93. The first-order valence-corrected chi connectivity index (χ1v) is 7.23. The van der Waals surface area contributed by atoms with Gasteiger partial charge in [0.25, 0.3) is 0 Å². The Hall–Kier alpha value is -1.85. The lowest BCUT2D eigenvalue weighted by Gasteiger charge is -2.27. The number of rotatable bonds is 6. The summed E-state index contributed by atoms with van der Waals surface area (Å²) >= 11 is 0. The molecule has 0 bridgehead atoms. The molecule has 0 unspecified atom stereocenters. The number of amides is 1. The minimum absolute atomic E-state index is 0.0326. The highest BCUT2D eigenvalue weighted by Gasteiger charge is 2.48. The third-order valence-electron chi connectivity index (χ3n) is 4.36. The minimum Gasteiger partial charge on any atom is -0.480 e. The molecule has 2 rings (SSSR count). The zero-order valence-corrected chi connectivity index (χ0v) is 12.9. The van der Waals surface area contributed by atoms with E-state index >= 15 is 0 Å².